The van der Waals surface area contributed by atoms with E-state index in [2.05, 4.69) is 0 Å². The van der Waals surface area contributed by atoms with Crippen molar-refractivity contribution in [2.24, 2.45) is 0 Å². The molecule has 22 heavy (non-hydrogen) atoms. The van der Waals surface area contributed by atoms with Gasteiger partial charge in [0.05, 0.1) is 16.0 Å². The maximum absolute atomic E-state index is 12.3. The van der Waals surface area contributed by atoms with Crippen LogP contribution in [0.15, 0.2) is 35.2 Å². The minimum Gasteiger partial charge on any atom is -0.278 e. The van der Waals surface area contributed by atoms with E-state index in [1.807, 2.05) is 0 Å². The van der Waals surface area contributed by atoms with E-state index in [4.69, 9.17) is 0 Å². The van der Waals surface area contributed by atoms with E-state index in [-0.39, 0.29) is 21.1 Å². The first-order chi connectivity index (χ1) is 10.2. The van der Waals surface area contributed by atoms with Gasteiger partial charge in [-0.3, -0.25) is 14.8 Å². The highest BCUT2D eigenvalue weighted by Gasteiger charge is 2.33. The molecule has 0 saturated carbocycles. The maximum atomic E-state index is 12.3. The number of imide groups is 1. The molecule has 0 fully saturated rings. The average Bonchev–Trinajstić information content (AvgIpc) is 2.49. The van der Waals surface area contributed by atoms with Gasteiger partial charge < -0.3 is 0 Å². The molecule has 1 aliphatic rings. The molecule has 0 aliphatic carbocycles. The van der Waals surface area contributed by atoms with Gasteiger partial charge in [0.25, 0.3) is 11.8 Å². The highest BCUT2D eigenvalue weighted by atomic mass is 32.2. The number of sulfonamides is 1. The summed E-state index contributed by atoms with van der Waals surface area (Å²) in [6.07, 6.45) is 0. The van der Waals surface area contributed by atoms with Crippen molar-refractivity contribution in [2.75, 3.05) is 14.1 Å². The molecule has 3 rings (SSSR count). The second kappa shape index (κ2) is 4.60. The molecule has 0 unspecified atom stereocenters. The van der Waals surface area contributed by atoms with Crippen molar-refractivity contribution in [1.82, 2.24) is 9.37 Å². The second-order valence-electron chi connectivity index (χ2n) is 5.08. The SMILES string of the molecule is CN(C)S(=O)(=O)c1cc2c3c(cccc3c1)C(=O)N(O)C2=O. The molecule has 7 nitrogen and oxygen atoms in total. The lowest BCUT2D eigenvalue weighted by Gasteiger charge is -2.23. The summed E-state index contributed by atoms with van der Waals surface area (Å²) >= 11 is 0. The van der Waals surface area contributed by atoms with Crippen molar-refractivity contribution in [3.05, 3.63) is 41.5 Å². The minimum absolute atomic E-state index is 0.00314. The van der Waals surface area contributed by atoms with Gasteiger partial charge in [0.1, 0.15) is 0 Å². The molecule has 8 heteroatoms. The van der Waals surface area contributed by atoms with Gasteiger partial charge >= 0.3 is 0 Å². The molecule has 2 aromatic carbocycles. The number of nitrogens with zero attached hydrogens (tertiary/aromatic N) is 2. The maximum Gasteiger partial charge on any atom is 0.285 e. The molecule has 2 amide bonds. The van der Waals surface area contributed by atoms with E-state index in [1.165, 1.54) is 32.3 Å². The zero-order chi connectivity index (χ0) is 16.2. The Bertz CT molecular complexity index is 934. The standard InChI is InChI=1S/C14H12N2O5S/c1-15(2)22(20,21)9-6-8-4-3-5-10-12(8)11(7-9)14(18)16(19)13(10)17/h3-7,19H,1-2H3. The number of benzene rings is 2. The number of amides is 2. The molecule has 0 spiro atoms. The van der Waals surface area contributed by atoms with Crippen LogP contribution < -0.4 is 0 Å². The number of hydrogen-bond donors (Lipinski definition) is 1. The topological polar surface area (TPSA) is 95.0 Å². The molecular formula is C14H12N2O5S. The van der Waals surface area contributed by atoms with Gasteiger partial charge in [-0.25, -0.2) is 12.7 Å². The summed E-state index contributed by atoms with van der Waals surface area (Å²) in [5.41, 5.74) is 0.138. The number of hydrogen-bond acceptors (Lipinski definition) is 5. The van der Waals surface area contributed by atoms with Crippen LogP contribution in [0.3, 0.4) is 0 Å². The predicted molar refractivity (Wildman–Crippen MR) is 77.1 cm³/mol. The molecule has 0 saturated heterocycles. The van der Waals surface area contributed by atoms with Gasteiger partial charge in [0.15, 0.2) is 0 Å². The summed E-state index contributed by atoms with van der Waals surface area (Å²) in [6.45, 7) is 0. The highest BCUT2D eigenvalue weighted by molar-refractivity contribution is 7.89. The average molecular weight is 320 g/mol. The van der Waals surface area contributed by atoms with Gasteiger partial charge in [-0.2, -0.15) is 0 Å². The van der Waals surface area contributed by atoms with Crippen LogP contribution in [0.2, 0.25) is 0 Å². The third-order valence-electron chi connectivity index (χ3n) is 3.57. The van der Waals surface area contributed by atoms with Crippen LogP contribution in [0.5, 0.6) is 0 Å². The third-order valence-corrected chi connectivity index (χ3v) is 5.37. The van der Waals surface area contributed by atoms with Crippen molar-refractivity contribution >= 4 is 32.6 Å². The zero-order valence-corrected chi connectivity index (χ0v) is 12.6. The Balaban J connectivity index is 2.43. The van der Waals surface area contributed by atoms with Crippen molar-refractivity contribution < 1.29 is 23.2 Å². The van der Waals surface area contributed by atoms with Crippen LogP contribution in [0.25, 0.3) is 10.8 Å². The summed E-state index contributed by atoms with van der Waals surface area (Å²) in [5, 5.41) is 10.4. The fourth-order valence-electron chi connectivity index (χ4n) is 2.43. The lowest BCUT2D eigenvalue weighted by atomic mass is 9.95. The normalized spacial score (nSPS) is 15.0. The predicted octanol–water partition coefficient (Wildman–Crippen LogP) is 1.08. The Morgan fingerprint density at radius 3 is 2.32 bits per heavy atom. The van der Waals surface area contributed by atoms with Crippen molar-refractivity contribution in [3.8, 4) is 0 Å². The van der Waals surface area contributed by atoms with Gasteiger partial charge in [-0.15, -0.1) is 5.06 Å². The van der Waals surface area contributed by atoms with Crippen molar-refractivity contribution in [2.45, 2.75) is 4.90 Å². The molecule has 114 valence electrons. The summed E-state index contributed by atoms with van der Waals surface area (Å²) in [4.78, 5) is 24.0. The van der Waals surface area contributed by atoms with E-state index < -0.39 is 21.8 Å². The van der Waals surface area contributed by atoms with Crippen LogP contribution in [0.1, 0.15) is 20.7 Å². The number of carbonyl (C=O) groups excluding carboxylic acids is 2. The smallest absolute Gasteiger partial charge is 0.278 e. The van der Waals surface area contributed by atoms with Crippen molar-refractivity contribution in [1.29, 1.82) is 0 Å². The first-order valence-corrected chi connectivity index (χ1v) is 7.76. The van der Waals surface area contributed by atoms with Gasteiger partial charge in [0.2, 0.25) is 10.0 Å². The van der Waals surface area contributed by atoms with E-state index >= 15 is 0 Å². The summed E-state index contributed by atoms with van der Waals surface area (Å²) < 4.78 is 25.6. The molecule has 1 heterocycles. The Hall–Kier alpha value is -2.29. The van der Waals surface area contributed by atoms with Gasteiger partial charge in [0, 0.05) is 19.5 Å². The quantitative estimate of drug-likeness (QED) is 0.660. The first-order valence-electron chi connectivity index (χ1n) is 6.32. The fourth-order valence-corrected chi connectivity index (χ4v) is 3.39. The van der Waals surface area contributed by atoms with E-state index in [0.717, 1.165) is 4.31 Å². The summed E-state index contributed by atoms with van der Waals surface area (Å²) in [7, 11) is -0.988. The Morgan fingerprint density at radius 1 is 1.05 bits per heavy atom. The van der Waals surface area contributed by atoms with E-state index in [0.29, 0.717) is 10.8 Å². The van der Waals surface area contributed by atoms with Crippen LogP contribution in [0.4, 0.5) is 0 Å². The molecule has 1 aliphatic heterocycles. The molecule has 0 aromatic heterocycles. The Kier molecular flexibility index (Phi) is 3.06. The van der Waals surface area contributed by atoms with E-state index in [1.54, 1.807) is 12.1 Å². The van der Waals surface area contributed by atoms with Crippen molar-refractivity contribution in [3.63, 3.8) is 0 Å². The van der Waals surface area contributed by atoms with Gasteiger partial charge in [-0.05, 0) is 23.6 Å². The molecule has 0 bridgehead atoms. The number of hydroxylamine groups is 2. The molecule has 0 radical (unpaired) electrons. The van der Waals surface area contributed by atoms with Crippen LogP contribution in [-0.2, 0) is 10.0 Å². The largest absolute Gasteiger partial charge is 0.285 e. The lowest BCUT2D eigenvalue weighted by Crippen LogP contribution is -2.37. The summed E-state index contributed by atoms with van der Waals surface area (Å²) in [5.74, 6) is -1.77. The summed E-state index contributed by atoms with van der Waals surface area (Å²) in [6, 6.07) is 7.24. The zero-order valence-electron chi connectivity index (χ0n) is 11.8. The Morgan fingerprint density at radius 2 is 1.68 bits per heavy atom. The molecular weight excluding hydrogens is 308 g/mol. The molecule has 0 atom stereocenters. The number of rotatable bonds is 2. The molecule has 2 aromatic rings. The van der Waals surface area contributed by atoms with Gasteiger partial charge in [-0.1, -0.05) is 12.1 Å². The Labute approximate surface area is 126 Å². The fraction of sp³-hybridized carbons (Fsp3) is 0.143. The highest BCUT2D eigenvalue weighted by Crippen LogP contribution is 2.32. The second-order valence-corrected chi connectivity index (χ2v) is 7.24. The van der Waals surface area contributed by atoms with Crippen LogP contribution in [0, 0.1) is 0 Å². The van der Waals surface area contributed by atoms with E-state index in [9.17, 15) is 23.2 Å². The number of carbonyl (C=O) groups is 2. The third kappa shape index (κ3) is 1.85. The van der Waals surface area contributed by atoms with Crippen LogP contribution in [-0.4, -0.2) is 48.9 Å². The monoisotopic (exact) mass is 320 g/mol. The lowest BCUT2D eigenvalue weighted by molar-refractivity contribution is -0.0377. The van der Waals surface area contributed by atoms with Crippen LogP contribution >= 0.6 is 0 Å². The minimum atomic E-state index is -3.75. The first kappa shape index (κ1) is 14.6. The molecule has 1 N–H and O–H groups in total.